The Bertz CT molecular complexity index is 828. The first-order valence-corrected chi connectivity index (χ1v) is 9.12. The molecule has 1 atom stereocenters. The van der Waals surface area contributed by atoms with Crippen molar-refractivity contribution in [2.24, 2.45) is 0 Å². The van der Waals surface area contributed by atoms with Crippen molar-refractivity contribution in [3.05, 3.63) is 54.2 Å². The summed E-state index contributed by atoms with van der Waals surface area (Å²) < 4.78 is 5.12. The number of anilines is 1. The molecule has 2 aromatic rings. The molecule has 27 heavy (non-hydrogen) atoms. The smallest absolute Gasteiger partial charge is 0.254 e. The van der Waals surface area contributed by atoms with E-state index in [4.69, 9.17) is 4.52 Å². The molecule has 0 spiro atoms. The van der Waals surface area contributed by atoms with Gasteiger partial charge in [0.05, 0.1) is 6.04 Å². The monoisotopic (exact) mass is 368 g/mol. The van der Waals surface area contributed by atoms with Crippen molar-refractivity contribution in [1.82, 2.24) is 15.0 Å². The maximum absolute atomic E-state index is 13.2. The Kier molecular flexibility index (Phi) is 5.69. The summed E-state index contributed by atoms with van der Waals surface area (Å²) in [5.41, 5.74) is 1.28. The lowest BCUT2D eigenvalue weighted by atomic mass is 10.1. The Hall–Kier alpha value is -2.96. The van der Waals surface area contributed by atoms with Crippen LogP contribution in [0.25, 0.3) is 0 Å². The molecular weight excluding hydrogens is 344 g/mol. The van der Waals surface area contributed by atoms with E-state index in [-0.39, 0.29) is 17.9 Å². The molecule has 7 heteroatoms. The molecule has 0 saturated carbocycles. The molecule has 0 N–H and O–H groups in total. The molecule has 1 aliphatic heterocycles. The number of hydrogen-bond donors (Lipinski definition) is 0. The van der Waals surface area contributed by atoms with E-state index in [9.17, 15) is 9.59 Å². The van der Waals surface area contributed by atoms with Crippen LogP contribution in [0.15, 0.2) is 41.4 Å². The summed E-state index contributed by atoms with van der Waals surface area (Å²) in [6.45, 7) is 5.90. The van der Waals surface area contributed by atoms with Crippen molar-refractivity contribution in [1.29, 1.82) is 0 Å². The fourth-order valence-electron chi connectivity index (χ4n) is 3.33. The van der Waals surface area contributed by atoms with Crippen LogP contribution in [0.5, 0.6) is 0 Å². The highest BCUT2D eigenvalue weighted by atomic mass is 16.5. The molecule has 0 aliphatic carbocycles. The van der Waals surface area contributed by atoms with E-state index in [0.717, 1.165) is 25.7 Å². The second-order valence-electron chi connectivity index (χ2n) is 6.68. The summed E-state index contributed by atoms with van der Waals surface area (Å²) in [5.74, 6) is 0.805. The van der Waals surface area contributed by atoms with Crippen molar-refractivity contribution >= 4 is 17.5 Å². The summed E-state index contributed by atoms with van der Waals surface area (Å²) in [5, 5.41) is 4.04. The SMILES string of the molecule is C=CC(=O)N(C)c1ccc(C(=O)N2CCCCCC2c2noc(C)n2)cc1. The van der Waals surface area contributed by atoms with Gasteiger partial charge in [-0.05, 0) is 43.2 Å². The number of carbonyl (C=O) groups excluding carboxylic acids is 2. The van der Waals surface area contributed by atoms with Crippen LogP contribution >= 0.6 is 0 Å². The van der Waals surface area contributed by atoms with Crippen molar-refractivity contribution in [2.45, 2.75) is 38.6 Å². The summed E-state index contributed by atoms with van der Waals surface area (Å²) >= 11 is 0. The van der Waals surface area contributed by atoms with Gasteiger partial charge in [-0.2, -0.15) is 4.98 Å². The number of amides is 2. The molecule has 1 fully saturated rings. The number of likely N-dealkylation sites (N-methyl/N-ethyl adjacent to an activating group) is 1. The second kappa shape index (κ2) is 8.16. The van der Waals surface area contributed by atoms with Gasteiger partial charge < -0.3 is 14.3 Å². The molecule has 0 bridgehead atoms. The quantitative estimate of drug-likeness (QED) is 0.774. The highest BCUT2D eigenvalue weighted by molar-refractivity contribution is 6.01. The van der Waals surface area contributed by atoms with Gasteiger partial charge >= 0.3 is 0 Å². The lowest BCUT2D eigenvalue weighted by Crippen LogP contribution is -2.35. The third kappa shape index (κ3) is 4.07. The van der Waals surface area contributed by atoms with Crippen LogP contribution in [-0.2, 0) is 4.79 Å². The van der Waals surface area contributed by atoms with Crippen molar-refractivity contribution in [2.75, 3.05) is 18.5 Å². The molecule has 142 valence electrons. The zero-order valence-corrected chi connectivity index (χ0v) is 15.7. The molecular formula is C20H24N4O3. The van der Waals surface area contributed by atoms with E-state index in [1.165, 1.54) is 11.0 Å². The number of benzene rings is 1. The van der Waals surface area contributed by atoms with Gasteiger partial charge in [-0.15, -0.1) is 0 Å². The Morgan fingerprint density at radius 3 is 2.63 bits per heavy atom. The third-order valence-corrected chi connectivity index (χ3v) is 4.86. The number of hydrogen-bond acceptors (Lipinski definition) is 5. The van der Waals surface area contributed by atoms with Crippen LogP contribution in [0, 0.1) is 6.92 Å². The first-order chi connectivity index (χ1) is 13.0. The van der Waals surface area contributed by atoms with Crippen LogP contribution in [0.2, 0.25) is 0 Å². The standard InChI is InChI=1S/C20H24N4O3/c1-4-18(25)23(3)16-11-9-15(10-12-16)20(26)24-13-7-5-6-8-17(24)19-21-14(2)27-22-19/h4,9-12,17H,1,5-8,13H2,2-3H3. The zero-order valence-electron chi connectivity index (χ0n) is 15.7. The average molecular weight is 368 g/mol. The van der Waals surface area contributed by atoms with Gasteiger partial charge in [-0.1, -0.05) is 24.6 Å². The summed E-state index contributed by atoms with van der Waals surface area (Å²) in [4.78, 5) is 32.6. The minimum atomic E-state index is -0.200. The lowest BCUT2D eigenvalue weighted by molar-refractivity contribution is -0.113. The predicted octanol–water partition coefficient (Wildman–Crippen LogP) is 3.28. The molecule has 2 amide bonds. The Balaban J connectivity index is 1.83. The van der Waals surface area contributed by atoms with Crippen molar-refractivity contribution < 1.29 is 14.1 Å². The van der Waals surface area contributed by atoms with Crippen molar-refractivity contribution in [3.63, 3.8) is 0 Å². The topological polar surface area (TPSA) is 79.5 Å². The van der Waals surface area contributed by atoms with Gasteiger partial charge in [0.1, 0.15) is 0 Å². The third-order valence-electron chi connectivity index (χ3n) is 4.86. The van der Waals surface area contributed by atoms with Gasteiger partial charge in [0.15, 0.2) is 5.82 Å². The molecule has 3 rings (SSSR count). The van der Waals surface area contributed by atoms with Crippen LogP contribution in [0.4, 0.5) is 5.69 Å². The van der Waals surface area contributed by atoms with Crippen LogP contribution < -0.4 is 4.90 Å². The minimum Gasteiger partial charge on any atom is -0.340 e. The highest BCUT2D eigenvalue weighted by Crippen LogP contribution is 2.30. The van der Waals surface area contributed by atoms with Gasteiger partial charge in [0, 0.05) is 31.8 Å². The van der Waals surface area contributed by atoms with Crippen LogP contribution in [-0.4, -0.2) is 40.4 Å². The number of aryl methyl sites for hydroxylation is 1. The molecule has 1 aliphatic rings. The van der Waals surface area contributed by atoms with Crippen LogP contribution in [0.1, 0.15) is 53.8 Å². The average Bonchev–Trinajstić information content (AvgIpc) is 2.98. The highest BCUT2D eigenvalue weighted by Gasteiger charge is 2.30. The van der Waals surface area contributed by atoms with Gasteiger partial charge in [0.25, 0.3) is 5.91 Å². The lowest BCUT2D eigenvalue weighted by Gasteiger charge is -2.28. The van der Waals surface area contributed by atoms with E-state index in [1.807, 2.05) is 4.90 Å². The number of likely N-dealkylation sites (tertiary alicyclic amines) is 1. The maximum Gasteiger partial charge on any atom is 0.254 e. The van der Waals surface area contributed by atoms with Gasteiger partial charge in [0.2, 0.25) is 11.8 Å². The van der Waals surface area contributed by atoms with Crippen molar-refractivity contribution in [3.8, 4) is 0 Å². The molecule has 1 unspecified atom stereocenters. The van der Waals surface area contributed by atoms with Crippen LogP contribution in [0.3, 0.4) is 0 Å². The Morgan fingerprint density at radius 1 is 1.26 bits per heavy atom. The predicted molar refractivity (Wildman–Crippen MR) is 101 cm³/mol. The van der Waals surface area contributed by atoms with E-state index < -0.39 is 0 Å². The Labute approximate surface area is 158 Å². The second-order valence-corrected chi connectivity index (χ2v) is 6.68. The van der Waals surface area contributed by atoms with Gasteiger partial charge in [-0.3, -0.25) is 9.59 Å². The molecule has 1 saturated heterocycles. The number of rotatable bonds is 4. The first-order valence-electron chi connectivity index (χ1n) is 9.12. The zero-order chi connectivity index (χ0) is 19.4. The molecule has 2 heterocycles. The number of carbonyl (C=O) groups is 2. The van der Waals surface area contributed by atoms with E-state index in [0.29, 0.717) is 29.5 Å². The number of nitrogens with zero attached hydrogens (tertiary/aromatic N) is 4. The number of aromatic nitrogens is 2. The summed E-state index contributed by atoms with van der Waals surface area (Å²) in [6, 6.07) is 6.84. The van der Waals surface area contributed by atoms with E-state index >= 15 is 0 Å². The summed E-state index contributed by atoms with van der Waals surface area (Å²) in [7, 11) is 1.67. The minimum absolute atomic E-state index is 0.0615. The first kappa shape index (κ1) is 18.8. The normalized spacial score (nSPS) is 17.3. The molecule has 7 nitrogen and oxygen atoms in total. The van der Waals surface area contributed by atoms with E-state index in [1.54, 1.807) is 38.2 Å². The molecule has 1 aromatic heterocycles. The molecule has 1 aromatic carbocycles. The fourth-order valence-corrected chi connectivity index (χ4v) is 3.33. The fraction of sp³-hybridized carbons (Fsp3) is 0.400. The van der Waals surface area contributed by atoms with Gasteiger partial charge in [-0.25, -0.2) is 0 Å². The largest absolute Gasteiger partial charge is 0.340 e. The molecule has 0 radical (unpaired) electrons. The maximum atomic E-state index is 13.2. The van der Waals surface area contributed by atoms with E-state index in [2.05, 4.69) is 16.7 Å². The Morgan fingerprint density at radius 2 is 2.00 bits per heavy atom. The summed E-state index contributed by atoms with van der Waals surface area (Å²) in [6.07, 6.45) is 5.13.